The number of non-ortho nitro benzene ring substituents is 1. The summed E-state index contributed by atoms with van der Waals surface area (Å²) in [5.74, 6) is -2.21. The fourth-order valence-electron chi connectivity index (χ4n) is 3.95. The number of halogens is 1. The molecule has 1 atom stereocenters. The molecule has 4 aromatic rings. The molecule has 0 bridgehead atoms. The van der Waals surface area contributed by atoms with E-state index < -0.39 is 22.7 Å². The van der Waals surface area contributed by atoms with Gasteiger partial charge in [-0.1, -0.05) is 60.1 Å². The number of benzene rings is 3. The molecule has 1 aliphatic heterocycles. The Hall–Kier alpha value is -4.19. The van der Waals surface area contributed by atoms with Crippen molar-refractivity contribution in [1.82, 2.24) is 4.98 Å². The summed E-state index contributed by atoms with van der Waals surface area (Å²) in [6.07, 6.45) is 0. The number of aromatic nitrogens is 1. The van der Waals surface area contributed by atoms with Crippen molar-refractivity contribution in [2.45, 2.75) is 0 Å². The Morgan fingerprint density at radius 3 is 2.32 bits per heavy atom. The highest BCUT2D eigenvalue weighted by atomic mass is 35.5. The van der Waals surface area contributed by atoms with Gasteiger partial charge in [-0.25, -0.2) is 9.88 Å². The van der Waals surface area contributed by atoms with Crippen LogP contribution in [0, 0.1) is 16.0 Å². The maximum absolute atomic E-state index is 13.7. The first-order valence-corrected chi connectivity index (χ1v) is 13.0. The lowest BCUT2D eigenvalue weighted by Gasteiger charge is -2.38. The summed E-state index contributed by atoms with van der Waals surface area (Å²) in [5, 5.41) is 16.3. The zero-order chi connectivity index (χ0) is 26.8. The zero-order valence-corrected chi connectivity index (χ0v) is 21.9. The molecule has 3 aromatic carbocycles. The summed E-state index contributed by atoms with van der Waals surface area (Å²) in [6.45, 7) is -0.117. The molecule has 1 aromatic heterocycles. The molecule has 1 unspecified atom stereocenters. The van der Waals surface area contributed by atoms with Crippen molar-refractivity contribution in [1.29, 1.82) is 0 Å². The van der Waals surface area contributed by atoms with E-state index in [1.165, 1.54) is 39.3 Å². The first kappa shape index (κ1) is 25.5. The zero-order valence-electron chi connectivity index (χ0n) is 19.5. The van der Waals surface area contributed by atoms with Crippen LogP contribution in [0.1, 0.15) is 0 Å². The van der Waals surface area contributed by atoms with Gasteiger partial charge in [-0.2, -0.15) is 0 Å². The third-order valence-electron chi connectivity index (χ3n) is 5.85. The molecule has 1 N–H and O–H groups in total. The number of nitrogens with one attached hydrogen (secondary N) is 1. The Kier molecular flexibility index (Phi) is 7.14. The van der Waals surface area contributed by atoms with Gasteiger partial charge in [0.05, 0.1) is 27.0 Å². The van der Waals surface area contributed by atoms with Crippen molar-refractivity contribution >= 4 is 74.3 Å². The van der Waals surface area contributed by atoms with Gasteiger partial charge >= 0.3 is 0 Å². The quantitative estimate of drug-likeness (QED) is 0.132. The van der Waals surface area contributed by atoms with Crippen LogP contribution in [0.2, 0.25) is 5.02 Å². The van der Waals surface area contributed by atoms with E-state index >= 15 is 0 Å². The van der Waals surface area contributed by atoms with E-state index in [9.17, 15) is 19.7 Å². The van der Waals surface area contributed by atoms with Gasteiger partial charge in [0, 0.05) is 29.6 Å². The van der Waals surface area contributed by atoms with Crippen LogP contribution in [0.15, 0.2) is 84.2 Å². The Labute approximate surface area is 231 Å². The highest BCUT2D eigenvalue weighted by Gasteiger charge is 2.46. The molecule has 0 saturated carbocycles. The number of amides is 2. The second kappa shape index (κ2) is 10.7. The second-order valence-electron chi connectivity index (χ2n) is 8.20. The number of carbonyl (C=O) groups excluding carboxylic acids is 2. The normalized spacial score (nSPS) is 15.6. The standard InChI is InChI=1S/C26H18ClN5O4S2/c27-20-13-18(32(35)36)11-12-21(20)28-14-19-23(33)30(17-9-5-2-6-10-17)26(37)31(24(19)34)25-29-22(15-38-25)16-7-3-1-4-8-16/h1-13,15,19,28H,14H2. The molecule has 12 heteroatoms. The van der Waals surface area contributed by atoms with Crippen LogP contribution in [0.5, 0.6) is 0 Å². The summed E-state index contributed by atoms with van der Waals surface area (Å²) in [4.78, 5) is 45.0. The fourth-order valence-corrected chi connectivity index (χ4v) is 5.46. The van der Waals surface area contributed by atoms with Crippen LogP contribution < -0.4 is 15.1 Å². The maximum Gasteiger partial charge on any atom is 0.271 e. The molecule has 0 radical (unpaired) electrons. The first-order valence-electron chi connectivity index (χ1n) is 11.3. The molecule has 0 spiro atoms. The van der Waals surface area contributed by atoms with Crippen molar-refractivity contribution in [3.63, 3.8) is 0 Å². The number of rotatable bonds is 7. The second-order valence-corrected chi connectivity index (χ2v) is 9.81. The van der Waals surface area contributed by atoms with E-state index in [-0.39, 0.29) is 22.4 Å². The van der Waals surface area contributed by atoms with Crippen molar-refractivity contribution in [2.75, 3.05) is 21.7 Å². The lowest BCUT2D eigenvalue weighted by molar-refractivity contribution is -0.384. The Morgan fingerprint density at radius 1 is 1.00 bits per heavy atom. The van der Waals surface area contributed by atoms with Crippen molar-refractivity contribution in [3.8, 4) is 11.3 Å². The minimum atomic E-state index is -1.17. The van der Waals surface area contributed by atoms with Gasteiger partial charge in [-0.15, -0.1) is 11.3 Å². The largest absolute Gasteiger partial charge is 0.383 e. The highest BCUT2D eigenvalue weighted by Crippen LogP contribution is 2.34. The number of carbonyl (C=O) groups is 2. The Balaban J connectivity index is 1.48. The summed E-state index contributed by atoms with van der Waals surface area (Å²) in [7, 11) is 0. The summed E-state index contributed by atoms with van der Waals surface area (Å²) in [6, 6.07) is 22.2. The summed E-state index contributed by atoms with van der Waals surface area (Å²) < 4.78 is 0. The van der Waals surface area contributed by atoms with Crippen LogP contribution in [-0.2, 0) is 9.59 Å². The molecule has 1 fully saturated rings. The predicted molar refractivity (Wildman–Crippen MR) is 152 cm³/mol. The molecule has 0 aliphatic carbocycles. The van der Waals surface area contributed by atoms with Gasteiger partial charge in [-0.3, -0.25) is 24.6 Å². The van der Waals surface area contributed by atoms with E-state index in [1.807, 2.05) is 41.8 Å². The van der Waals surface area contributed by atoms with E-state index in [1.54, 1.807) is 24.3 Å². The molecule has 38 heavy (non-hydrogen) atoms. The third-order valence-corrected chi connectivity index (χ3v) is 7.35. The minimum Gasteiger partial charge on any atom is -0.383 e. The summed E-state index contributed by atoms with van der Waals surface area (Å²) in [5.41, 5.74) is 2.25. The fraction of sp³-hybridized carbons (Fsp3) is 0.0769. The lowest BCUT2D eigenvalue weighted by atomic mass is 10.0. The number of nitro groups is 1. The van der Waals surface area contributed by atoms with Crippen molar-refractivity contribution < 1.29 is 14.5 Å². The van der Waals surface area contributed by atoms with Crippen LogP contribution >= 0.6 is 35.2 Å². The molecule has 190 valence electrons. The average Bonchev–Trinajstić information content (AvgIpc) is 3.40. The molecule has 9 nitrogen and oxygen atoms in total. The lowest BCUT2D eigenvalue weighted by Crippen LogP contribution is -2.61. The van der Waals surface area contributed by atoms with Gasteiger partial charge in [0.25, 0.3) is 5.69 Å². The number of anilines is 3. The van der Waals surface area contributed by atoms with Crippen molar-refractivity contribution in [2.24, 2.45) is 5.92 Å². The van der Waals surface area contributed by atoms with Gasteiger partial charge in [0.1, 0.15) is 5.92 Å². The minimum absolute atomic E-state index is 0.00443. The SMILES string of the molecule is O=C1C(CNc2ccc([N+](=O)[O-])cc2Cl)C(=O)N(c2nc(-c3ccccc3)cs2)C(=S)N1c1ccccc1. The number of para-hydroxylation sites is 1. The maximum atomic E-state index is 13.7. The number of nitrogens with zero attached hydrogens (tertiary/aromatic N) is 4. The van der Waals surface area contributed by atoms with Gasteiger partial charge in [0.15, 0.2) is 10.2 Å². The van der Waals surface area contributed by atoms with Gasteiger partial charge in [0.2, 0.25) is 11.8 Å². The van der Waals surface area contributed by atoms with Gasteiger partial charge in [-0.05, 0) is 30.4 Å². The number of nitro benzene ring substituents is 1. The average molecular weight is 564 g/mol. The van der Waals surface area contributed by atoms with E-state index in [4.69, 9.17) is 23.8 Å². The van der Waals surface area contributed by atoms with Crippen LogP contribution in [0.25, 0.3) is 11.3 Å². The predicted octanol–water partition coefficient (Wildman–Crippen LogP) is 5.76. The van der Waals surface area contributed by atoms with Crippen molar-refractivity contribution in [3.05, 3.63) is 99.4 Å². The smallest absolute Gasteiger partial charge is 0.271 e. The third kappa shape index (κ3) is 4.86. The van der Waals surface area contributed by atoms with Crippen LogP contribution in [0.3, 0.4) is 0 Å². The molecule has 1 saturated heterocycles. The van der Waals surface area contributed by atoms with Crippen LogP contribution in [0.4, 0.5) is 22.2 Å². The molecular weight excluding hydrogens is 546 g/mol. The number of thiocarbonyl (C=S) groups is 1. The first-order chi connectivity index (χ1) is 18.3. The Morgan fingerprint density at radius 2 is 1.66 bits per heavy atom. The topological polar surface area (TPSA) is 109 Å². The number of hydrogen-bond donors (Lipinski definition) is 1. The monoisotopic (exact) mass is 563 g/mol. The van der Waals surface area contributed by atoms with Gasteiger partial charge < -0.3 is 5.32 Å². The molecule has 2 amide bonds. The molecule has 2 heterocycles. The highest BCUT2D eigenvalue weighted by molar-refractivity contribution is 7.81. The van der Waals surface area contributed by atoms with E-state index in [0.29, 0.717) is 22.2 Å². The van der Waals surface area contributed by atoms with Crippen LogP contribution in [-0.4, -0.2) is 33.4 Å². The molecular formula is C26H18ClN5O4S2. The number of hydrogen-bond acceptors (Lipinski definition) is 8. The summed E-state index contributed by atoms with van der Waals surface area (Å²) >= 11 is 13.1. The Bertz CT molecular complexity index is 1550. The number of thiazole rings is 1. The van der Waals surface area contributed by atoms with E-state index in [0.717, 1.165) is 5.56 Å². The molecule has 1 aliphatic rings. The molecule has 5 rings (SSSR count). The van der Waals surface area contributed by atoms with E-state index in [2.05, 4.69) is 10.3 Å².